The SMILES string of the molecule is CCN(C)C=Nc1cc(C)c(Oc2ccc(C(F)F)cc2Cl)nc1C. The predicted octanol–water partition coefficient (Wildman–Crippen LogP) is 5.69. The van der Waals surface area contributed by atoms with E-state index in [0.29, 0.717) is 11.6 Å². The summed E-state index contributed by atoms with van der Waals surface area (Å²) >= 11 is 6.03. The Morgan fingerprint density at radius 3 is 2.64 bits per heavy atom. The zero-order valence-electron chi connectivity index (χ0n) is 14.6. The number of aliphatic imine (C=N–C) groups is 1. The molecule has 2 aromatic rings. The number of hydrogen-bond acceptors (Lipinski definition) is 3. The highest BCUT2D eigenvalue weighted by molar-refractivity contribution is 6.32. The molecule has 0 aliphatic heterocycles. The van der Waals surface area contributed by atoms with Crippen molar-refractivity contribution in [3.8, 4) is 11.6 Å². The van der Waals surface area contributed by atoms with Gasteiger partial charge in [0.2, 0.25) is 5.88 Å². The minimum atomic E-state index is -2.58. The maximum absolute atomic E-state index is 12.7. The van der Waals surface area contributed by atoms with Crippen LogP contribution in [0.15, 0.2) is 29.3 Å². The summed E-state index contributed by atoms with van der Waals surface area (Å²) in [4.78, 5) is 10.8. The Morgan fingerprint density at radius 1 is 1.32 bits per heavy atom. The number of alkyl halides is 2. The van der Waals surface area contributed by atoms with Crippen LogP contribution < -0.4 is 4.74 Å². The molecule has 0 aliphatic carbocycles. The summed E-state index contributed by atoms with van der Waals surface area (Å²) in [6, 6.07) is 5.76. The van der Waals surface area contributed by atoms with Gasteiger partial charge in [0.1, 0.15) is 5.75 Å². The molecular weight excluding hydrogens is 348 g/mol. The van der Waals surface area contributed by atoms with Crippen molar-refractivity contribution >= 4 is 23.6 Å². The predicted molar refractivity (Wildman–Crippen MR) is 96.7 cm³/mol. The normalized spacial score (nSPS) is 11.4. The van der Waals surface area contributed by atoms with Crippen LogP contribution in [0.1, 0.15) is 30.2 Å². The first-order chi connectivity index (χ1) is 11.8. The summed E-state index contributed by atoms with van der Waals surface area (Å²) in [5.74, 6) is 0.648. The number of nitrogens with zero attached hydrogens (tertiary/aromatic N) is 3. The van der Waals surface area contributed by atoms with Gasteiger partial charge in [-0.3, -0.25) is 0 Å². The maximum atomic E-state index is 12.7. The number of rotatable bonds is 6. The van der Waals surface area contributed by atoms with Gasteiger partial charge in [0.15, 0.2) is 0 Å². The van der Waals surface area contributed by atoms with Crippen molar-refractivity contribution in [1.29, 1.82) is 0 Å². The minimum Gasteiger partial charge on any atom is -0.437 e. The Morgan fingerprint density at radius 2 is 2.04 bits per heavy atom. The molecule has 4 nitrogen and oxygen atoms in total. The van der Waals surface area contributed by atoms with E-state index >= 15 is 0 Å². The number of ether oxygens (including phenoxy) is 1. The molecule has 0 amide bonds. The summed E-state index contributed by atoms with van der Waals surface area (Å²) in [6.45, 7) is 6.55. The van der Waals surface area contributed by atoms with E-state index in [2.05, 4.69) is 9.98 Å². The van der Waals surface area contributed by atoms with Gasteiger partial charge in [-0.05, 0) is 45.0 Å². The Balaban J connectivity index is 2.26. The average molecular weight is 368 g/mol. The third-order valence-electron chi connectivity index (χ3n) is 3.64. The highest BCUT2D eigenvalue weighted by atomic mass is 35.5. The lowest BCUT2D eigenvalue weighted by Gasteiger charge is -2.13. The zero-order valence-corrected chi connectivity index (χ0v) is 15.3. The molecule has 0 saturated carbocycles. The lowest BCUT2D eigenvalue weighted by Crippen LogP contribution is -2.14. The Hall–Kier alpha value is -2.21. The molecule has 0 bridgehead atoms. The van der Waals surface area contributed by atoms with E-state index in [1.165, 1.54) is 18.2 Å². The van der Waals surface area contributed by atoms with Gasteiger partial charge < -0.3 is 9.64 Å². The first kappa shape index (κ1) is 19.1. The number of hydrogen-bond donors (Lipinski definition) is 0. The summed E-state index contributed by atoms with van der Waals surface area (Å²) < 4.78 is 31.1. The van der Waals surface area contributed by atoms with Crippen molar-refractivity contribution in [3.63, 3.8) is 0 Å². The van der Waals surface area contributed by atoms with Crippen molar-refractivity contribution in [2.75, 3.05) is 13.6 Å². The second kappa shape index (κ2) is 8.25. The molecule has 0 N–H and O–H groups in total. The van der Waals surface area contributed by atoms with Crippen molar-refractivity contribution in [2.45, 2.75) is 27.2 Å². The van der Waals surface area contributed by atoms with E-state index in [-0.39, 0.29) is 16.3 Å². The molecule has 2 rings (SSSR count). The molecule has 0 radical (unpaired) electrons. The second-order valence-electron chi connectivity index (χ2n) is 5.63. The van der Waals surface area contributed by atoms with Gasteiger partial charge in [-0.1, -0.05) is 11.6 Å². The van der Waals surface area contributed by atoms with Crippen LogP contribution in [0.5, 0.6) is 11.6 Å². The van der Waals surface area contributed by atoms with Crippen molar-refractivity contribution < 1.29 is 13.5 Å². The minimum absolute atomic E-state index is 0.114. The number of halogens is 3. The van der Waals surface area contributed by atoms with Crippen LogP contribution in [0.25, 0.3) is 0 Å². The third kappa shape index (κ3) is 4.89. The number of aryl methyl sites for hydroxylation is 2. The van der Waals surface area contributed by atoms with E-state index in [1.807, 2.05) is 38.8 Å². The smallest absolute Gasteiger partial charge is 0.263 e. The van der Waals surface area contributed by atoms with Crippen molar-refractivity contribution in [3.05, 3.63) is 46.1 Å². The molecule has 1 aromatic carbocycles. The van der Waals surface area contributed by atoms with Gasteiger partial charge in [0, 0.05) is 24.7 Å². The Labute approximate surface area is 151 Å². The second-order valence-corrected chi connectivity index (χ2v) is 6.03. The molecular formula is C18H20ClF2N3O. The van der Waals surface area contributed by atoms with Gasteiger partial charge in [0.05, 0.1) is 22.7 Å². The summed E-state index contributed by atoms with van der Waals surface area (Å²) in [5, 5.41) is 0.114. The molecule has 7 heteroatoms. The first-order valence-electron chi connectivity index (χ1n) is 7.80. The molecule has 25 heavy (non-hydrogen) atoms. The van der Waals surface area contributed by atoms with Gasteiger partial charge in [-0.2, -0.15) is 0 Å². The molecule has 0 fully saturated rings. The van der Waals surface area contributed by atoms with Crippen molar-refractivity contribution in [2.24, 2.45) is 4.99 Å². The van der Waals surface area contributed by atoms with Crippen LogP contribution in [0, 0.1) is 13.8 Å². The number of pyridine rings is 1. The number of benzene rings is 1. The molecule has 0 spiro atoms. The van der Waals surface area contributed by atoms with Crippen LogP contribution in [-0.2, 0) is 0 Å². The van der Waals surface area contributed by atoms with E-state index in [9.17, 15) is 8.78 Å². The molecule has 0 atom stereocenters. The van der Waals surface area contributed by atoms with E-state index < -0.39 is 6.43 Å². The quantitative estimate of drug-likeness (QED) is 0.486. The van der Waals surface area contributed by atoms with E-state index in [0.717, 1.165) is 17.8 Å². The highest BCUT2D eigenvalue weighted by Crippen LogP contribution is 2.34. The van der Waals surface area contributed by atoms with Crippen LogP contribution in [0.2, 0.25) is 5.02 Å². The molecule has 1 aromatic heterocycles. The molecule has 1 heterocycles. The van der Waals surface area contributed by atoms with Crippen LogP contribution in [0.3, 0.4) is 0 Å². The monoisotopic (exact) mass is 367 g/mol. The molecule has 0 aliphatic rings. The highest BCUT2D eigenvalue weighted by Gasteiger charge is 2.13. The van der Waals surface area contributed by atoms with E-state index in [4.69, 9.17) is 16.3 Å². The van der Waals surface area contributed by atoms with Gasteiger partial charge >= 0.3 is 0 Å². The fourth-order valence-electron chi connectivity index (χ4n) is 1.99. The lowest BCUT2D eigenvalue weighted by molar-refractivity contribution is 0.151. The van der Waals surface area contributed by atoms with Gasteiger partial charge in [-0.25, -0.2) is 18.8 Å². The molecule has 0 saturated heterocycles. The third-order valence-corrected chi connectivity index (χ3v) is 3.93. The fraction of sp³-hybridized carbons (Fsp3) is 0.333. The van der Waals surface area contributed by atoms with Gasteiger partial charge in [-0.15, -0.1) is 0 Å². The summed E-state index contributed by atoms with van der Waals surface area (Å²) in [5.41, 5.74) is 2.06. The standard InChI is InChI=1S/C18H20ClF2N3O/c1-5-24(4)10-22-15-8-11(2)18(23-12(15)3)25-16-7-6-13(17(20)21)9-14(16)19/h6-10,17H,5H2,1-4H3. The molecule has 0 unspecified atom stereocenters. The lowest BCUT2D eigenvalue weighted by atomic mass is 10.2. The van der Waals surface area contributed by atoms with E-state index in [1.54, 1.807) is 6.34 Å². The fourth-order valence-corrected chi connectivity index (χ4v) is 2.21. The largest absolute Gasteiger partial charge is 0.437 e. The Bertz CT molecular complexity index is 781. The maximum Gasteiger partial charge on any atom is 0.263 e. The van der Waals surface area contributed by atoms with Crippen molar-refractivity contribution in [1.82, 2.24) is 9.88 Å². The average Bonchev–Trinajstić information content (AvgIpc) is 2.57. The number of aromatic nitrogens is 1. The summed E-state index contributed by atoms with van der Waals surface area (Å²) in [7, 11) is 1.93. The van der Waals surface area contributed by atoms with Gasteiger partial charge in [0.25, 0.3) is 6.43 Å². The topological polar surface area (TPSA) is 37.7 Å². The summed E-state index contributed by atoms with van der Waals surface area (Å²) in [6.07, 6.45) is -0.837. The first-order valence-corrected chi connectivity index (χ1v) is 8.17. The molecule has 134 valence electrons. The van der Waals surface area contributed by atoms with Crippen LogP contribution >= 0.6 is 11.6 Å². The Kier molecular flexibility index (Phi) is 6.31. The van der Waals surface area contributed by atoms with Crippen LogP contribution in [0.4, 0.5) is 14.5 Å². The zero-order chi connectivity index (χ0) is 18.6. The van der Waals surface area contributed by atoms with Crippen LogP contribution in [-0.4, -0.2) is 29.8 Å².